The summed E-state index contributed by atoms with van der Waals surface area (Å²) in [5.41, 5.74) is 3.75. The third kappa shape index (κ3) is 6.62. The monoisotopic (exact) mass is 595 g/mol. The van der Waals surface area contributed by atoms with Crippen molar-refractivity contribution in [2.45, 2.75) is 33.1 Å². The first-order valence-corrected chi connectivity index (χ1v) is 13.7. The molecule has 2 amide bonds. The summed E-state index contributed by atoms with van der Waals surface area (Å²) in [7, 11) is 0. The third-order valence-electron chi connectivity index (χ3n) is 6.15. The molecular weight excluding hydrogens is 571 g/mol. The molecular formula is C29H24F3N5O4S. The van der Waals surface area contributed by atoms with E-state index in [1.807, 2.05) is 39.0 Å². The van der Waals surface area contributed by atoms with E-state index in [1.165, 1.54) is 51.9 Å². The van der Waals surface area contributed by atoms with Gasteiger partial charge in [-0.2, -0.15) is 0 Å². The second kappa shape index (κ2) is 11.7. The molecule has 4 aromatic rings. The summed E-state index contributed by atoms with van der Waals surface area (Å²) in [4.78, 5) is 35.2. The molecule has 0 unspecified atom stereocenters. The van der Waals surface area contributed by atoms with Gasteiger partial charge in [-0.25, -0.2) is 14.5 Å². The molecule has 1 saturated heterocycles. The van der Waals surface area contributed by atoms with Crippen LogP contribution in [0.3, 0.4) is 0 Å². The number of rotatable bonds is 6. The summed E-state index contributed by atoms with van der Waals surface area (Å²) in [5.74, 6) is 0.387. The van der Waals surface area contributed by atoms with Crippen LogP contribution in [0.15, 0.2) is 78.0 Å². The number of amides is 2. The molecule has 216 valence electrons. The summed E-state index contributed by atoms with van der Waals surface area (Å²) < 4.78 is 47.8. The van der Waals surface area contributed by atoms with Crippen LogP contribution in [-0.4, -0.2) is 44.0 Å². The SMILES string of the molecule is Cc1ccc(C(C)C)c(N2C(=O)CS/C2=N\C(=O)Oc2ccc(-c3ncn(-c4ccc(OC(F)(F)F)cc4)n3)cc2)c1. The number of aromatic nitrogens is 3. The van der Waals surface area contributed by atoms with Gasteiger partial charge < -0.3 is 9.47 Å². The van der Waals surface area contributed by atoms with Gasteiger partial charge in [-0.05, 0) is 78.6 Å². The highest BCUT2D eigenvalue weighted by molar-refractivity contribution is 8.15. The molecule has 0 atom stereocenters. The number of carbonyl (C=O) groups is 2. The van der Waals surface area contributed by atoms with Gasteiger partial charge in [0.25, 0.3) is 0 Å². The van der Waals surface area contributed by atoms with E-state index in [0.29, 0.717) is 22.8 Å². The Balaban J connectivity index is 1.27. The van der Waals surface area contributed by atoms with Crippen molar-refractivity contribution in [3.05, 3.63) is 84.2 Å². The molecule has 1 aliphatic heterocycles. The summed E-state index contributed by atoms with van der Waals surface area (Å²) in [6.45, 7) is 6.00. The number of ether oxygens (including phenoxy) is 2. The topological polar surface area (TPSA) is 98.9 Å². The second-order valence-electron chi connectivity index (χ2n) is 9.58. The van der Waals surface area contributed by atoms with Crippen LogP contribution in [0, 0.1) is 6.92 Å². The highest BCUT2D eigenvalue weighted by Gasteiger charge is 2.33. The van der Waals surface area contributed by atoms with E-state index < -0.39 is 12.5 Å². The number of amidine groups is 1. The summed E-state index contributed by atoms with van der Waals surface area (Å²) in [5, 5.41) is 4.61. The maximum atomic E-state index is 12.8. The number of aliphatic imine (C=N–C) groups is 1. The van der Waals surface area contributed by atoms with Gasteiger partial charge in [-0.15, -0.1) is 23.3 Å². The van der Waals surface area contributed by atoms with Crippen molar-refractivity contribution >= 4 is 34.6 Å². The first-order chi connectivity index (χ1) is 20.0. The number of alkyl halides is 3. The number of carbonyl (C=O) groups excluding carboxylic acids is 2. The quantitative estimate of drug-likeness (QED) is 0.239. The average Bonchev–Trinajstić information content (AvgIpc) is 3.55. The van der Waals surface area contributed by atoms with Crippen molar-refractivity contribution in [3.8, 4) is 28.6 Å². The number of halogens is 3. The smallest absolute Gasteiger partial charge is 0.409 e. The molecule has 0 N–H and O–H groups in total. The minimum Gasteiger partial charge on any atom is -0.409 e. The fraction of sp³-hybridized carbons (Fsp3) is 0.207. The van der Waals surface area contributed by atoms with Crippen LogP contribution >= 0.6 is 11.8 Å². The lowest BCUT2D eigenvalue weighted by Crippen LogP contribution is -2.31. The molecule has 9 nitrogen and oxygen atoms in total. The van der Waals surface area contributed by atoms with Gasteiger partial charge in [-0.3, -0.25) is 9.69 Å². The second-order valence-corrected chi connectivity index (χ2v) is 10.5. The Morgan fingerprint density at radius 3 is 2.38 bits per heavy atom. The molecule has 5 rings (SSSR count). The van der Waals surface area contributed by atoms with Gasteiger partial charge in [-0.1, -0.05) is 37.7 Å². The molecule has 2 heterocycles. The van der Waals surface area contributed by atoms with E-state index in [1.54, 1.807) is 24.3 Å². The van der Waals surface area contributed by atoms with Gasteiger partial charge in [0.05, 0.1) is 17.1 Å². The van der Waals surface area contributed by atoms with Gasteiger partial charge in [0, 0.05) is 5.56 Å². The summed E-state index contributed by atoms with van der Waals surface area (Å²) in [6, 6.07) is 17.5. The fourth-order valence-corrected chi connectivity index (χ4v) is 5.06. The number of hydrogen-bond acceptors (Lipinski definition) is 7. The molecule has 0 bridgehead atoms. The number of benzene rings is 3. The zero-order valence-corrected chi connectivity index (χ0v) is 23.4. The van der Waals surface area contributed by atoms with Crippen LogP contribution in [0.4, 0.5) is 23.7 Å². The minimum atomic E-state index is -4.77. The molecule has 13 heteroatoms. The van der Waals surface area contributed by atoms with Crippen LogP contribution in [0.1, 0.15) is 30.9 Å². The number of anilines is 1. The molecule has 1 aliphatic rings. The van der Waals surface area contributed by atoms with E-state index in [0.717, 1.165) is 11.1 Å². The number of hydrogen-bond donors (Lipinski definition) is 0. The van der Waals surface area contributed by atoms with Gasteiger partial charge >= 0.3 is 12.5 Å². The molecule has 0 radical (unpaired) electrons. The van der Waals surface area contributed by atoms with Crippen molar-refractivity contribution in [1.29, 1.82) is 0 Å². The van der Waals surface area contributed by atoms with Gasteiger partial charge in [0.2, 0.25) is 5.91 Å². The zero-order chi connectivity index (χ0) is 30.0. The summed E-state index contributed by atoms with van der Waals surface area (Å²) in [6.07, 6.45) is -4.23. The Labute approximate surface area is 243 Å². The Hall–Kier alpha value is -4.65. The summed E-state index contributed by atoms with van der Waals surface area (Å²) >= 11 is 1.17. The molecule has 0 spiro atoms. The van der Waals surface area contributed by atoms with Crippen molar-refractivity contribution in [3.63, 3.8) is 0 Å². The minimum absolute atomic E-state index is 0.157. The standard InChI is InChI=1S/C29H24F3N5O4S/c1-17(2)23-13-4-18(3)14-24(23)37-25(38)15-42-27(37)34-28(39)40-21-9-5-19(6-10-21)26-33-16-36(35-26)20-7-11-22(12-8-20)41-29(30,31)32/h4-14,16-17H,15H2,1-3H3/b34-27-. The average molecular weight is 596 g/mol. The molecule has 1 fully saturated rings. The predicted molar refractivity (Wildman–Crippen MR) is 152 cm³/mol. The molecule has 3 aromatic carbocycles. The maximum Gasteiger partial charge on any atom is 0.573 e. The number of aryl methyl sites for hydroxylation is 1. The first kappa shape index (κ1) is 28.9. The molecule has 0 aliphatic carbocycles. The van der Waals surface area contributed by atoms with E-state index in [2.05, 4.69) is 19.8 Å². The Morgan fingerprint density at radius 2 is 1.71 bits per heavy atom. The van der Waals surface area contributed by atoms with Crippen LogP contribution in [0.5, 0.6) is 11.5 Å². The van der Waals surface area contributed by atoms with E-state index in [-0.39, 0.29) is 34.2 Å². The molecule has 1 aromatic heterocycles. The lowest BCUT2D eigenvalue weighted by atomic mass is 9.99. The van der Waals surface area contributed by atoms with E-state index in [9.17, 15) is 22.8 Å². The number of nitrogens with zero attached hydrogens (tertiary/aromatic N) is 5. The van der Waals surface area contributed by atoms with Crippen molar-refractivity contribution in [1.82, 2.24) is 14.8 Å². The van der Waals surface area contributed by atoms with Gasteiger partial charge in [0.15, 0.2) is 11.0 Å². The number of thioether (sulfide) groups is 1. The Bertz CT molecular complexity index is 1650. The first-order valence-electron chi connectivity index (χ1n) is 12.7. The molecule has 0 saturated carbocycles. The lowest BCUT2D eigenvalue weighted by Gasteiger charge is -2.22. The third-order valence-corrected chi connectivity index (χ3v) is 7.07. The lowest BCUT2D eigenvalue weighted by molar-refractivity contribution is -0.274. The van der Waals surface area contributed by atoms with Crippen molar-refractivity contribution in [2.75, 3.05) is 10.7 Å². The van der Waals surface area contributed by atoms with Crippen LogP contribution in [0.25, 0.3) is 17.1 Å². The fourth-order valence-electron chi connectivity index (χ4n) is 4.21. The Kier molecular flexibility index (Phi) is 8.03. The van der Waals surface area contributed by atoms with Crippen molar-refractivity contribution < 1.29 is 32.2 Å². The van der Waals surface area contributed by atoms with E-state index in [4.69, 9.17) is 4.74 Å². The Morgan fingerprint density at radius 1 is 1.02 bits per heavy atom. The van der Waals surface area contributed by atoms with E-state index >= 15 is 0 Å². The van der Waals surface area contributed by atoms with Crippen molar-refractivity contribution in [2.24, 2.45) is 4.99 Å². The zero-order valence-electron chi connectivity index (χ0n) is 22.6. The normalized spacial score (nSPS) is 14.6. The largest absolute Gasteiger partial charge is 0.573 e. The predicted octanol–water partition coefficient (Wildman–Crippen LogP) is 6.90. The highest BCUT2D eigenvalue weighted by atomic mass is 32.2. The van der Waals surface area contributed by atoms with Gasteiger partial charge in [0.1, 0.15) is 17.8 Å². The maximum absolute atomic E-state index is 12.8. The highest BCUT2D eigenvalue weighted by Crippen LogP contribution is 2.34. The van der Waals surface area contributed by atoms with Crippen LogP contribution in [-0.2, 0) is 4.79 Å². The van der Waals surface area contributed by atoms with Crippen LogP contribution < -0.4 is 14.4 Å². The van der Waals surface area contributed by atoms with Crippen LogP contribution in [0.2, 0.25) is 0 Å². The molecule has 42 heavy (non-hydrogen) atoms.